The molecule has 0 amide bonds. The Hall–Kier alpha value is -3.79. The van der Waals surface area contributed by atoms with Gasteiger partial charge in [0.25, 0.3) is 0 Å². The molecule has 0 spiro atoms. The smallest absolute Gasteiger partial charge is 0.161 e. The Bertz CT molecular complexity index is 1610. The lowest BCUT2D eigenvalue weighted by Gasteiger charge is -2.40. The van der Waals surface area contributed by atoms with Crippen LogP contribution in [-0.2, 0) is 11.4 Å². The van der Waals surface area contributed by atoms with Gasteiger partial charge in [0.2, 0.25) is 0 Å². The molecule has 5 rings (SSSR count). The fourth-order valence-corrected chi connectivity index (χ4v) is 5.81. The van der Waals surface area contributed by atoms with E-state index >= 15 is 0 Å². The maximum Gasteiger partial charge on any atom is 0.161 e. The van der Waals surface area contributed by atoms with Gasteiger partial charge in [0.1, 0.15) is 24.0 Å². The number of halogens is 3. The zero-order valence-corrected chi connectivity index (χ0v) is 23.0. The summed E-state index contributed by atoms with van der Waals surface area (Å²) in [6.07, 6.45) is 1.60. The van der Waals surface area contributed by atoms with Crippen molar-refractivity contribution in [2.45, 2.75) is 45.6 Å². The molecule has 2 aliphatic rings. The molecule has 198 valence electrons. The highest BCUT2D eigenvalue weighted by atomic mass is 35.5. The van der Waals surface area contributed by atoms with Crippen LogP contribution >= 0.6 is 23.2 Å². The number of Topliss-reactive ketones (excluding diaryl/α,β-unsaturated/α-hetero) is 1. The van der Waals surface area contributed by atoms with E-state index in [0.717, 1.165) is 22.3 Å². The van der Waals surface area contributed by atoms with E-state index in [2.05, 4.69) is 6.07 Å². The van der Waals surface area contributed by atoms with Crippen LogP contribution < -0.4 is 15.4 Å². The fourth-order valence-electron chi connectivity index (χ4n) is 5.45. The number of para-hydroxylation sites is 1. The van der Waals surface area contributed by atoms with Crippen LogP contribution in [0.25, 0.3) is 0 Å². The van der Waals surface area contributed by atoms with Gasteiger partial charge in [0, 0.05) is 23.4 Å². The molecule has 3 aromatic carbocycles. The molecule has 8 heteroatoms. The third-order valence-corrected chi connectivity index (χ3v) is 7.91. The summed E-state index contributed by atoms with van der Waals surface area (Å²) in [5, 5.41) is 10.8. The molecule has 0 bridgehead atoms. The summed E-state index contributed by atoms with van der Waals surface area (Å²) in [7, 11) is 0. The Balaban J connectivity index is 1.65. The molecule has 0 aromatic heterocycles. The van der Waals surface area contributed by atoms with Crippen molar-refractivity contribution < 1.29 is 13.9 Å². The van der Waals surface area contributed by atoms with Crippen molar-refractivity contribution in [3.05, 3.63) is 115 Å². The molecule has 39 heavy (non-hydrogen) atoms. The average molecular weight is 562 g/mol. The quantitative estimate of drug-likeness (QED) is 0.346. The first-order chi connectivity index (χ1) is 18.7. The molecule has 1 atom stereocenters. The first-order valence-corrected chi connectivity index (χ1v) is 13.3. The fraction of sp³-hybridized carbons (Fsp3) is 0.226. The molecule has 3 aromatic rings. The maximum atomic E-state index is 14.0. The largest absolute Gasteiger partial charge is 0.487 e. The van der Waals surface area contributed by atoms with E-state index in [1.54, 1.807) is 23.1 Å². The minimum atomic E-state index is -0.635. The van der Waals surface area contributed by atoms with Crippen LogP contribution in [0.4, 0.5) is 10.1 Å². The minimum Gasteiger partial charge on any atom is -0.487 e. The van der Waals surface area contributed by atoms with Crippen LogP contribution in [0, 0.1) is 31.0 Å². The van der Waals surface area contributed by atoms with E-state index in [1.165, 1.54) is 12.1 Å². The Kier molecular flexibility index (Phi) is 7.40. The summed E-state index contributed by atoms with van der Waals surface area (Å²) in [6, 6.07) is 17.8. The van der Waals surface area contributed by atoms with Crippen LogP contribution in [0.3, 0.4) is 0 Å². The number of allylic oxidation sites excluding steroid dienone is 3. The van der Waals surface area contributed by atoms with E-state index in [-0.39, 0.29) is 28.8 Å². The first-order valence-electron chi connectivity index (χ1n) is 12.6. The highest BCUT2D eigenvalue weighted by Gasteiger charge is 2.41. The van der Waals surface area contributed by atoms with Gasteiger partial charge in [-0.15, -0.1) is 0 Å². The monoisotopic (exact) mass is 561 g/mol. The summed E-state index contributed by atoms with van der Waals surface area (Å²) in [5.74, 6) is -0.455. The van der Waals surface area contributed by atoms with E-state index in [9.17, 15) is 14.4 Å². The van der Waals surface area contributed by atoms with Crippen molar-refractivity contribution in [1.82, 2.24) is 0 Å². The third-order valence-electron chi connectivity index (χ3n) is 7.31. The third kappa shape index (κ3) is 4.89. The lowest BCUT2D eigenvalue weighted by atomic mass is 9.73. The number of ketones is 1. The number of aryl methyl sites for hydroxylation is 1. The van der Waals surface area contributed by atoms with Crippen LogP contribution in [0.15, 0.2) is 77.3 Å². The van der Waals surface area contributed by atoms with Crippen molar-refractivity contribution >= 4 is 34.7 Å². The summed E-state index contributed by atoms with van der Waals surface area (Å²) < 4.78 is 20.0. The minimum absolute atomic E-state index is 0.0329. The number of ether oxygens (including phenoxy) is 1. The average Bonchev–Trinajstić information content (AvgIpc) is 2.91. The molecular formula is C31H26Cl2FN3O2. The lowest BCUT2D eigenvalue weighted by Crippen LogP contribution is -2.39. The van der Waals surface area contributed by atoms with Crippen LogP contribution in [0.1, 0.15) is 47.4 Å². The molecule has 1 unspecified atom stereocenters. The number of anilines is 1. The molecule has 0 fully saturated rings. The first kappa shape index (κ1) is 26.8. The standard InChI is InChI=1S/C31H26Cl2FN3O2/c1-17-12-19(16-39-28-9-4-3-6-23(28)32)18(2)21(13-17)29-22(15-35)31(36)37(20-10-11-25(34)24(33)14-20)26-7-5-8-27(38)30(26)29/h3-4,6,9-14,29H,5,7-8,16,36H2,1-2H3. The highest BCUT2D eigenvalue weighted by Crippen LogP contribution is 2.47. The van der Waals surface area contributed by atoms with Gasteiger partial charge in [0.15, 0.2) is 5.78 Å². The second-order valence-corrected chi connectivity index (χ2v) is 10.6. The van der Waals surface area contributed by atoms with Crippen molar-refractivity contribution in [3.8, 4) is 11.8 Å². The van der Waals surface area contributed by atoms with Gasteiger partial charge in [-0.1, -0.05) is 53.0 Å². The maximum absolute atomic E-state index is 14.0. The predicted octanol–water partition coefficient (Wildman–Crippen LogP) is 7.63. The van der Waals surface area contributed by atoms with Crippen molar-refractivity contribution in [2.75, 3.05) is 4.90 Å². The van der Waals surface area contributed by atoms with Gasteiger partial charge in [-0.2, -0.15) is 5.26 Å². The predicted molar refractivity (Wildman–Crippen MR) is 151 cm³/mol. The molecule has 5 nitrogen and oxygen atoms in total. The summed E-state index contributed by atoms with van der Waals surface area (Å²) in [4.78, 5) is 15.2. The SMILES string of the molecule is Cc1cc(COc2ccccc2Cl)c(C)c(C2C(C#N)=C(N)N(c3ccc(F)c(Cl)c3)C3=C2C(=O)CCC3)c1. The molecule has 1 aliphatic carbocycles. The second kappa shape index (κ2) is 10.8. The number of carbonyl (C=O) groups is 1. The van der Waals surface area contributed by atoms with Crippen molar-refractivity contribution in [3.63, 3.8) is 0 Å². The van der Waals surface area contributed by atoms with Crippen molar-refractivity contribution in [2.24, 2.45) is 5.73 Å². The number of hydrogen-bond acceptors (Lipinski definition) is 5. The van der Waals surface area contributed by atoms with E-state index in [0.29, 0.717) is 47.0 Å². The second-order valence-electron chi connectivity index (χ2n) is 9.77. The van der Waals surface area contributed by atoms with E-state index in [1.807, 2.05) is 38.1 Å². The van der Waals surface area contributed by atoms with E-state index < -0.39 is 11.7 Å². The Morgan fingerprint density at radius 1 is 1.10 bits per heavy atom. The van der Waals surface area contributed by atoms with Gasteiger partial charge in [0.05, 0.1) is 27.6 Å². The molecule has 2 N–H and O–H groups in total. The number of nitriles is 1. The summed E-state index contributed by atoms with van der Waals surface area (Å²) in [5.41, 5.74) is 12.3. The number of nitrogens with zero attached hydrogens (tertiary/aromatic N) is 2. The van der Waals surface area contributed by atoms with E-state index in [4.69, 9.17) is 33.7 Å². The number of rotatable bonds is 5. The molecule has 0 saturated carbocycles. The Morgan fingerprint density at radius 3 is 2.59 bits per heavy atom. The highest BCUT2D eigenvalue weighted by molar-refractivity contribution is 6.32. The number of carbonyl (C=O) groups excluding carboxylic acids is 1. The molecular weight excluding hydrogens is 536 g/mol. The number of benzene rings is 3. The zero-order chi connectivity index (χ0) is 27.8. The van der Waals surface area contributed by atoms with Gasteiger partial charge in [-0.05, 0) is 73.7 Å². The molecule has 0 radical (unpaired) electrons. The lowest BCUT2D eigenvalue weighted by molar-refractivity contribution is -0.116. The molecule has 1 heterocycles. The van der Waals surface area contributed by atoms with Crippen LogP contribution in [0.5, 0.6) is 5.75 Å². The zero-order valence-electron chi connectivity index (χ0n) is 21.5. The normalized spacial score (nSPS) is 17.3. The summed E-state index contributed by atoms with van der Waals surface area (Å²) in [6.45, 7) is 4.19. The van der Waals surface area contributed by atoms with Gasteiger partial charge in [-0.3, -0.25) is 9.69 Å². The van der Waals surface area contributed by atoms with Gasteiger partial charge < -0.3 is 10.5 Å². The molecule has 0 saturated heterocycles. The van der Waals surface area contributed by atoms with Gasteiger partial charge >= 0.3 is 0 Å². The number of nitrogens with two attached hydrogens (primary N) is 1. The molecule has 1 aliphatic heterocycles. The van der Waals surface area contributed by atoms with Crippen molar-refractivity contribution in [1.29, 1.82) is 5.26 Å². The Labute approximate surface area is 236 Å². The Morgan fingerprint density at radius 2 is 1.87 bits per heavy atom. The number of hydrogen-bond donors (Lipinski definition) is 1. The topological polar surface area (TPSA) is 79.3 Å². The van der Waals surface area contributed by atoms with Crippen LogP contribution in [-0.4, -0.2) is 5.78 Å². The summed E-state index contributed by atoms with van der Waals surface area (Å²) >= 11 is 12.4. The van der Waals surface area contributed by atoms with Crippen LogP contribution in [0.2, 0.25) is 10.0 Å². The van der Waals surface area contributed by atoms with Gasteiger partial charge in [-0.25, -0.2) is 4.39 Å².